The molecule has 2 bridgehead atoms. The number of rotatable bonds is 4. The summed E-state index contributed by atoms with van der Waals surface area (Å²) >= 11 is 0. The first-order valence-electron chi connectivity index (χ1n) is 6.33. The molecule has 0 aromatic heterocycles. The Morgan fingerprint density at radius 2 is 2.24 bits per heavy atom. The predicted molar refractivity (Wildman–Crippen MR) is 64.6 cm³/mol. The Kier molecular flexibility index (Phi) is 3.54. The molecule has 2 rings (SSSR count). The van der Waals surface area contributed by atoms with Gasteiger partial charge in [-0.15, -0.1) is 0 Å². The van der Waals surface area contributed by atoms with E-state index in [1.165, 1.54) is 19.3 Å². The molecule has 96 valence electrons. The fourth-order valence-electron chi connectivity index (χ4n) is 3.27. The van der Waals surface area contributed by atoms with Gasteiger partial charge in [-0.2, -0.15) is 0 Å². The minimum Gasteiger partial charge on any atom is -0.409 e. The second kappa shape index (κ2) is 4.94. The van der Waals surface area contributed by atoms with Crippen molar-refractivity contribution in [3.05, 3.63) is 0 Å². The highest BCUT2D eigenvalue weighted by Gasteiger charge is 2.43. The molecule has 2 aliphatic carbocycles. The van der Waals surface area contributed by atoms with Crippen LogP contribution in [0.3, 0.4) is 0 Å². The smallest absolute Gasteiger partial charge is 0.225 e. The molecule has 17 heavy (non-hydrogen) atoms. The van der Waals surface area contributed by atoms with E-state index < -0.39 is 0 Å². The van der Waals surface area contributed by atoms with Gasteiger partial charge in [0.05, 0.1) is 0 Å². The Labute approximate surface area is 102 Å². The van der Waals surface area contributed by atoms with E-state index in [0.29, 0.717) is 18.9 Å². The number of nitrogens with zero attached hydrogens (tertiary/aromatic N) is 2. The van der Waals surface area contributed by atoms with Gasteiger partial charge in [-0.3, -0.25) is 4.79 Å². The Morgan fingerprint density at radius 1 is 1.47 bits per heavy atom. The van der Waals surface area contributed by atoms with Crippen LogP contribution in [0, 0.1) is 17.8 Å². The van der Waals surface area contributed by atoms with Crippen LogP contribution in [0.5, 0.6) is 0 Å². The third kappa shape index (κ3) is 2.53. The highest BCUT2D eigenvalue weighted by atomic mass is 16.4. The molecule has 2 saturated carbocycles. The van der Waals surface area contributed by atoms with Gasteiger partial charge in [0, 0.05) is 25.9 Å². The second-order valence-corrected chi connectivity index (χ2v) is 5.38. The first kappa shape index (κ1) is 12.2. The van der Waals surface area contributed by atoms with Crippen LogP contribution in [0.25, 0.3) is 0 Å². The first-order chi connectivity index (χ1) is 8.11. The summed E-state index contributed by atoms with van der Waals surface area (Å²) in [6.07, 6.45) is 5.26. The summed E-state index contributed by atoms with van der Waals surface area (Å²) in [4.78, 5) is 13.9. The average Bonchev–Trinajstić information content (AvgIpc) is 2.96. The molecule has 0 aromatic carbocycles. The van der Waals surface area contributed by atoms with Crippen LogP contribution in [0.4, 0.5) is 0 Å². The van der Waals surface area contributed by atoms with Gasteiger partial charge < -0.3 is 15.8 Å². The third-order valence-corrected chi connectivity index (χ3v) is 4.26. The number of hydrogen-bond donors (Lipinski definition) is 2. The number of carbonyl (C=O) groups excluding carboxylic acids is 1. The van der Waals surface area contributed by atoms with Crippen molar-refractivity contribution in [3.63, 3.8) is 0 Å². The van der Waals surface area contributed by atoms with Crippen molar-refractivity contribution in [1.82, 2.24) is 4.90 Å². The topological polar surface area (TPSA) is 78.9 Å². The summed E-state index contributed by atoms with van der Waals surface area (Å²) < 4.78 is 0. The zero-order valence-electron chi connectivity index (χ0n) is 10.3. The fourth-order valence-corrected chi connectivity index (χ4v) is 3.27. The number of amides is 1. The molecule has 0 saturated heterocycles. The van der Waals surface area contributed by atoms with E-state index in [4.69, 9.17) is 10.9 Å². The van der Waals surface area contributed by atoms with Crippen molar-refractivity contribution < 1.29 is 10.0 Å². The number of hydrogen-bond acceptors (Lipinski definition) is 3. The first-order valence-corrected chi connectivity index (χ1v) is 6.33. The van der Waals surface area contributed by atoms with Crippen LogP contribution >= 0.6 is 0 Å². The fraction of sp³-hybridized carbons (Fsp3) is 0.833. The standard InChI is InChI=1S/C12H21N3O2/c1-15(5-4-11(13)14-17)12(16)10-7-8-2-3-9(10)6-8/h8-10,17H,2-7H2,1H3,(H2,13,14). The molecule has 0 aromatic rings. The van der Waals surface area contributed by atoms with Crippen molar-refractivity contribution in [2.24, 2.45) is 28.6 Å². The lowest BCUT2D eigenvalue weighted by Gasteiger charge is -2.26. The Morgan fingerprint density at radius 3 is 2.76 bits per heavy atom. The minimum absolute atomic E-state index is 0.178. The Hall–Kier alpha value is -1.26. The summed E-state index contributed by atoms with van der Waals surface area (Å²) in [7, 11) is 1.80. The van der Waals surface area contributed by atoms with Gasteiger partial charge in [-0.1, -0.05) is 11.6 Å². The second-order valence-electron chi connectivity index (χ2n) is 5.38. The third-order valence-electron chi connectivity index (χ3n) is 4.26. The molecule has 2 fully saturated rings. The van der Waals surface area contributed by atoms with E-state index in [0.717, 1.165) is 12.3 Å². The number of carbonyl (C=O) groups is 1. The van der Waals surface area contributed by atoms with Crippen LogP contribution < -0.4 is 5.73 Å². The van der Waals surface area contributed by atoms with Crippen LogP contribution in [0.1, 0.15) is 32.1 Å². The zero-order valence-corrected chi connectivity index (χ0v) is 10.3. The molecule has 1 amide bonds. The van der Waals surface area contributed by atoms with Crippen molar-refractivity contribution in [2.75, 3.05) is 13.6 Å². The summed E-state index contributed by atoms with van der Waals surface area (Å²) in [5, 5.41) is 11.4. The SMILES string of the molecule is CN(CC/C(N)=N/O)C(=O)C1CC2CCC1C2. The maximum absolute atomic E-state index is 12.2. The van der Waals surface area contributed by atoms with E-state index in [2.05, 4.69) is 5.16 Å². The van der Waals surface area contributed by atoms with Gasteiger partial charge >= 0.3 is 0 Å². The number of nitrogens with two attached hydrogens (primary N) is 1. The van der Waals surface area contributed by atoms with E-state index in [-0.39, 0.29) is 17.7 Å². The van der Waals surface area contributed by atoms with Crippen molar-refractivity contribution >= 4 is 11.7 Å². The van der Waals surface area contributed by atoms with Crippen LogP contribution in [-0.2, 0) is 4.79 Å². The average molecular weight is 239 g/mol. The van der Waals surface area contributed by atoms with Crippen molar-refractivity contribution in [1.29, 1.82) is 0 Å². The highest BCUT2D eigenvalue weighted by molar-refractivity contribution is 5.82. The van der Waals surface area contributed by atoms with Crippen molar-refractivity contribution in [2.45, 2.75) is 32.1 Å². The van der Waals surface area contributed by atoms with Gasteiger partial charge in [0.2, 0.25) is 5.91 Å². The molecule has 0 radical (unpaired) electrons. The van der Waals surface area contributed by atoms with Crippen molar-refractivity contribution in [3.8, 4) is 0 Å². The van der Waals surface area contributed by atoms with Crippen LogP contribution in [0.2, 0.25) is 0 Å². The molecule has 3 atom stereocenters. The Balaban J connectivity index is 1.83. The monoisotopic (exact) mass is 239 g/mol. The molecule has 3 N–H and O–H groups in total. The number of amidine groups is 1. The number of fused-ring (bicyclic) bond motifs is 2. The molecule has 3 unspecified atom stereocenters. The summed E-state index contributed by atoms with van der Waals surface area (Å²) in [5.41, 5.74) is 5.40. The van der Waals surface area contributed by atoms with E-state index in [1.54, 1.807) is 11.9 Å². The number of oxime groups is 1. The Bertz CT molecular complexity index is 330. The van der Waals surface area contributed by atoms with E-state index in [9.17, 15) is 4.79 Å². The van der Waals surface area contributed by atoms with Gasteiger partial charge in [0.25, 0.3) is 0 Å². The van der Waals surface area contributed by atoms with E-state index >= 15 is 0 Å². The molecule has 5 heteroatoms. The quantitative estimate of drug-likeness (QED) is 0.333. The van der Waals surface area contributed by atoms with Gasteiger partial charge in [-0.25, -0.2) is 0 Å². The van der Waals surface area contributed by atoms with Crippen LogP contribution in [-0.4, -0.2) is 35.4 Å². The van der Waals surface area contributed by atoms with Crippen LogP contribution in [0.15, 0.2) is 5.16 Å². The molecular formula is C12H21N3O2. The van der Waals surface area contributed by atoms with Gasteiger partial charge in [-0.05, 0) is 31.1 Å². The maximum atomic E-state index is 12.2. The molecule has 5 nitrogen and oxygen atoms in total. The van der Waals surface area contributed by atoms with E-state index in [1.807, 2.05) is 0 Å². The molecule has 0 spiro atoms. The lowest BCUT2D eigenvalue weighted by atomic mass is 9.88. The summed E-state index contributed by atoms with van der Waals surface area (Å²) in [6, 6.07) is 0. The van der Waals surface area contributed by atoms with Gasteiger partial charge in [0.15, 0.2) is 0 Å². The summed E-state index contributed by atoms with van der Waals surface area (Å²) in [5.74, 6) is 2.04. The largest absolute Gasteiger partial charge is 0.409 e. The predicted octanol–water partition coefficient (Wildman–Crippen LogP) is 1.02. The molecule has 2 aliphatic rings. The maximum Gasteiger partial charge on any atom is 0.225 e. The lowest BCUT2D eigenvalue weighted by molar-refractivity contribution is -0.135. The summed E-state index contributed by atoms with van der Waals surface area (Å²) in [6.45, 7) is 0.530. The molecular weight excluding hydrogens is 218 g/mol. The minimum atomic E-state index is 0.178. The lowest BCUT2D eigenvalue weighted by Crippen LogP contribution is -2.37. The molecule has 0 aliphatic heterocycles. The van der Waals surface area contributed by atoms with Gasteiger partial charge in [0.1, 0.15) is 5.84 Å². The molecule has 0 heterocycles. The zero-order chi connectivity index (χ0) is 12.4. The normalized spacial score (nSPS) is 31.8. The highest BCUT2D eigenvalue weighted by Crippen LogP contribution is 2.48.